The Morgan fingerprint density at radius 3 is 2.78 bits per heavy atom. The van der Waals surface area contributed by atoms with Gasteiger partial charge in [0.2, 0.25) is 0 Å². The number of amides is 1. The molecule has 0 saturated carbocycles. The second-order valence-electron chi connectivity index (χ2n) is 6.50. The molecule has 0 aliphatic carbocycles. The zero-order chi connectivity index (χ0) is 19.9. The number of nitrogens with zero attached hydrogens (tertiary/aromatic N) is 3. The summed E-state index contributed by atoms with van der Waals surface area (Å²) in [5, 5.41) is 23.7. The van der Waals surface area contributed by atoms with Gasteiger partial charge in [-0.1, -0.05) is 12.1 Å². The highest BCUT2D eigenvalue weighted by Crippen LogP contribution is 2.18. The number of hydrogen-bond donors (Lipinski definition) is 4. The quantitative estimate of drug-likeness (QED) is 0.424. The van der Waals surface area contributed by atoms with Gasteiger partial charge in [0, 0.05) is 38.0 Å². The van der Waals surface area contributed by atoms with Gasteiger partial charge in [0.15, 0.2) is 5.96 Å². The van der Waals surface area contributed by atoms with Crippen LogP contribution in [0.25, 0.3) is 0 Å². The molecular weight excluding hydrogens is 344 g/mol. The highest BCUT2D eigenvalue weighted by atomic mass is 16.3. The highest BCUT2D eigenvalue weighted by Gasteiger charge is 2.24. The minimum absolute atomic E-state index is 0.127. The van der Waals surface area contributed by atoms with Crippen molar-refractivity contribution in [3.8, 4) is 0 Å². The van der Waals surface area contributed by atoms with Gasteiger partial charge in [-0.3, -0.25) is 9.48 Å². The van der Waals surface area contributed by atoms with E-state index in [1.54, 1.807) is 37.1 Å². The average molecular weight is 372 g/mol. The molecule has 0 spiro atoms. The maximum Gasteiger partial charge on any atom is 0.251 e. The number of aromatic nitrogens is 2. The van der Waals surface area contributed by atoms with Crippen molar-refractivity contribution in [2.24, 2.45) is 12.0 Å². The normalized spacial score (nSPS) is 13.7. The van der Waals surface area contributed by atoms with E-state index in [1.807, 2.05) is 32.2 Å². The Morgan fingerprint density at radius 1 is 1.37 bits per heavy atom. The topological polar surface area (TPSA) is 104 Å². The van der Waals surface area contributed by atoms with Gasteiger partial charge in [-0.05, 0) is 31.5 Å². The van der Waals surface area contributed by atoms with E-state index in [1.165, 1.54) is 0 Å². The van der Waals surface area contributed by atoms with Crippen LogP contribution >= 0.6 is 0 Å². The number of guanidine groups is 1. The molecule has 1 amide bonds. The summed E-state index contributed by atoms with van der Waals surface area (Å²) in [5.74, 6) is 0.463. The van der Waals surface area contributed by atoms with E-state index in [9.17, 15) is 9.90 Å². The Bertz CT molecular complexity index is 797. The molecular formula is C19H28N6O2. The molecule has 2 rings (SSSR count). The van der Waals surface area contributed by atoms with Gasteiger partial charge in [-0.15, -0.1) is 0 Å². The summed E-state index contributed by atoms with van der Waals surface area (Å²) in [5.41, 5.74) is 1.17. The lowest BCUT2D eigenvalue weighted by atomic mass is 10.00. The molecule has 0 saturated heterocycles. The summed E-state index contributed by atoms with van der Waals surface area (Å²) in [7, 11) is 3.42. The lowest BCUT2D eigenvalue weighted by Crippen LogP contribution is -2.44. The van der Waals surface area contributed by atoms with Crippen LogP contribution in [0.5, 0.6) is 0 Å². The van der Waals surface area contributed by atoms with Gasteiger partial charge in [-0.25, -0.2) is 4.99 Å². The fourth-order valence-electron chi connectivity index (χ4n) is 2.52. The SMILES string of the molecule is CCNC(=NCc1cccc(C(=O)NC)c1)NCC(C)(O)c1cnn(C)c1. The number of aliphatic hydroxyl groups is 1. The molecule has 1 unspecified atom stereocenters. The Labute approximate surface area is 159 Å². The lowest BCUT2D eigenvalue weighted by molar-refractivity contribution is 0.0616. The lowest BCUT2D eigenvalue weighted by Gasteiger charge is -2.23. The van der Waals surface area contributed by atoms with Gasteiger partial charge in [0.1, 0.15) is 5.60 Å². The van der Waals surface area contributed by atoms with Crippen molar-refractivity contribution in [3.63, 3.8) is 0 Å². The molecule has 1 heterocycles. The summed E-state index contributed by atoms with van der Waals surface area (Å²) in [6.45, 7) is 5.09. The first-order valence-electron chi connectivity index (χ1n) is 8.90. The van der Waals surface area contributed by atoms with Crippen molar-refractivity contribution in [1.29, 1.82) is 0 Å². The molecule has 0 aliphatic heterocycles. The first-order chi connectivity index (χ1) is 12.9. The van der Waals surface area contributed by atoms with E-state index in [0.29, 0.717) is 24.6 Å². The second-order valence-corrected chi connectivity index (χ2v) is 6.50. The Hall–Kier alpha value is -2.87. The predicted octanol–water partition coefficient (Wildman–Crippen LogP) is 0.743. The summed E-state index contributed by atoms with van der Waals surface area (Å²) in [6.07, 6.45) is 3.44. The number of nitrogens with one attached hydrogen (secondary N) is 3. The van der Waals surface area contributed by atoms with Gasteiger partial charge >= 0.3 is 0 Å². The third kappa shape index (κ3) is 5.82. The van der Waals surface area contributed by atoms with E-state index in [-0.39, 0.29) is 12.5 Å². The molecule has 1 atom stereocenters. The first-order valence-corrected chi connectivity index (χ1v) is 8.90. The van der Waals surface area contributed by atoms with Gasteiger partial charge < -0.3 is 21.1 Å². The van der Waals surface area contributed by atoms with Crippen LogP contribution in [0.15, 0.2) is 41.7 Å². The Balaban J connectivity index is 2.05. The number of carbonyl (C=O) groups excluding carboxylic acids is 1. The predicted molar refractivity (Wildman–Crippen MR) is 105 cm³/mol. The largest absolute Gasteiger partial charge is 0.383 e. The van der Waals surface area contributed by atoms with Crippen molar-refractivity contribution in [2.75, 3.05) is 20.1 Å². The fourth-order valence-corrected chi connectivity index (χ4v) is 2.52. The molecule has 4 N–H and O–H groups in total. The summed E-state index contributed by atoms with van der Waals surface area (Å²) < 4.78 is 1.66. The van der Waals surface area contributed by atoms with Crippen molar-refractivity contribution < 1.29 is 9.90 Å². The third-order valence-corrected chi connectivity index (χ3v) is 4.11. The number of benzene rings is 1. The minimum Gasteiger partial charge on any atom is -0.383 e. The van der Waals surface area contributed by atoms with Crippen LogP contribution in [0.4, 0.5) is 0 Å². The van der Waals surface area contributed by atoms with E-state index >= 15 is 0 Å². The molecule has 8 heteroatoms. The maximum absolute atomic E-state index is 11.7. The highest BCUT2D eigenvalue weighted by molar-refractivity contribution is 5.94. The Morgan fingerprint density at radius 2 is 2.15 bits per heavy atom. The monoisotopic (exact) mass is 372 g/mol. The zero-order valence-corrected chi connectivity index (χ0v) is 16.3. The molecule has 0 radical (unpaired) electrons. The van der Waals surface area contributed by atoms with E-state index in [2.05, 4.69) is 26.0 Å². The smallest absolute Gasteiger partial charge is 0.251 e. The summed E-state index contributed by atoms with van der Waals surface area (Å²) >= 11 is 0. The van der Waals surface area contributed by atoms with Crippen LogP contribution in [0, 0.1) is 0 Å². The molecule has 0 bridgehead atoms. The summed E-state index contributed by atoms with van der Waals surface area (Å²) in [6, 6.07) is 7.34. The van der Waals surface area contributed by atoms with Crippen molar-refractivity contribution in [1.82, 2.24) is 25.7 Å². The third-order valence-electron chi connectivity index (χ3n) is 4.11. The molecule has 146 valence electrons. The molecule has 0 aliphatic rings. The molecule has 0 fully saturated rings. The van der Waals surface area contributed by atoms with Crippen molar-refractivity contribution in [3.05, 3.63) is 53.3 Å². The van der Waals surface area contributed by atoms with Crippen LogP contribution < -0.4 is 16.0 Å². The number of carbonyl (C=O) groups is 1. The number of rotatable bonds is 7. The van der Waals surface area contributed by atoms with Crippen LogP contribution in [-0.2, 0) is 19.2 Å². The molecule has 8 nitrogen and oxygen atoms in total. The van der Waals surface area contributed by atoms with Crippen LogP contribution in [0.3, 0.4) is 0 Å². The molecule has 1 aromatic heterocycles. The van der Waals surface area contributed by atoms with Crippen LogP contribution in [0.1, 0.15) is 35.3 Å². The molecule has 27 heavy (non-hydrogen) atoms. The minimum atomic E-state index is -1.08. The van der Waals surface area contributed by atoms with Gasteiger partial charge in [-0.2, -0.15) is 5.10 Å². The van der Waals surface area contributed by atoms with E-state index in [4.69, 9.17) is 0 Å². The van der Waals surface area contributed by atoms with Crippen molar-refractivity contribution >= 4 is 11.9 Å². The van der Waals surface area contributed by atoms with E-state index < -0.39 is 5.60 Å². The molecule has 2 aromatic rings. The standard InChI is InChI=1S/C19H28N6O2/c1-5-21-18(23-13-19(2,27)16-11-24-25(4)12-16)22-10-14-7-6-8-15(9-14)17(26)20-3/h6-9,11-12,27H,5,10,13H2,1-4H3,(H,20,26)(H2,21,22,23). The van der Waals surface area contributed by atoms with Crippen LogP contribution in [0.2, 0.25) is 0 Å². The van der Waals surface area contributed by atoms with E-state index in [0.717, 1.165) is 11.1 Å². The average Bonchev–Trinajstić information content (AvgIpc) is 3.11. The molecule has 1 aromatic carbocycles. The van der Waals surface area contributed by atoms with Crippen LogP contribution in [-0.4, -0.2) is 46.9 Å². The van der Waals surface area contributed by atoms with Gasteiger partial charge in [0.05, 0.1) is 19.3 Å². The maximum atomic E-state index is 11.7. The zero-order valence-electron chi connectivity index (χ0n) is 16.3. The first kappa shape index (κ1) is 20.4. The number of aliphatic imine (C=N–C) groups is 1. The Kier molecular flexibility index (Phi) is 6.95. The van der Waals surface area contributed by atoms with Crippen molar-refractivity contribution in [2.45, 2.75) is 26.0 Å². The second kappa shape index (κ2) is 9.18. The fraction of sp³-hybridized carbons (Fsp3) is 0.421. The number of aryl methyl sites for hydroxylation is 1. The summed E-state index contributed by atoms with van der Waals surface area (Å²) in [4.78, 5) is 16.3. The number of hydrogen-bond acceptors (Lipinski definition) is 4. The van der Waals surface area contributed by atoms with Gasteiger partial charge in [0.25, 0.3) is 5.91 Å².